The van der Waals surface area contributed by atoms with E-state index in [9.17, 15) is 9.59 Å². The summed E-state index contributed by atoms with van der Waals surface area (Å²) in [6.45, 7) is 13.6. The number of methoxy groups -OCH3 is 2. The fraction of sp³-hybridized carbons (Fsp3) is 0.714. The van der Waals surface area contributed by atoms with Crippen molar-refractivity contribution in [2.24, 2.45) is 0 Å². The summed E-state index contributed by atoms with van der Waals surface area (Å²) in [6.07, 6.45) is 5.60. The van der Waals surface area contributed by atoms with Crippen LogP contribution in [-0.4, -0.2) is 39.4 Å². The minimum absolute atomic E-state index is 0.141. The normalized spacial score (nSPS) is 11.8. The number of hydrogen-bond donors (Lipinski definition) is 0. The van der Waals surface area contributed by atoms with Crippen molar-refractivity contribution in [2.45, 2.75) is 104 Å². The molecule has 6 heteroatoms. The average Bonchev–Trinajstić information content (AvgIpc) is 2.80. The van der Waals surface area contributed by atoms with Crippen molar-refractivity contribution in [1.29, 1.82) is 0 Å². The highest BCUT2D eigenvalue weighted by Gasteiger charge is 2.31. The zero-order valence-electron chi connectivity index (χ0n) is 22.7. The molecule has 0 aromatic heterocycles. The second-order valence-corrected chi connectivity index (χ2v) is 10.2. The number of carbonyl (C=O) groups excluding carboxylic acids is 2. The molecule has 0 saturated heterocycles. The molecule has 0 fully saturated rings. The summed E-state index contributed by atoms with van der Waals surface area (Å²) in [4.78, 5) is 23.8. The fourth-order valence-corrected chi connectivity index (χ4v) is 4.15. The summed E-state index contributed by atoms with van der Waals surface area (Å²) < 4.78 is 22.0. The van der Waals surface area contributed by atoms with Gasteiger partial charge in [0.2, 0.25) is 0 Å². The molecule has 0 N–H and O–H groups in total. The Labute approximate surface area is 206 Å². The van der Waals surface area contributed by atoms with Crippen molar-refractivity contribution in [3.8, 4) is 11.5 Å². The first-order valence-corrected chi connectivity index (χ1v) is 12.6. The van der Waals surface area contributed by atoms with E-state index in [4.69, 9.17) is 18.9 Å². The first kappa shape index (κ1) is 29.8. The Morgan fingerprint density at radius 3 is 1.35 bits per heavy atom. The fourth-order valence-electron chi connectivity index (χ4n) is 4.15. The third kappa shape index (κ3) is 9.19. The van der Waals surface area contributed by atoms with Gasteiger partial charge in [-0.05, 0) is 61.5 Å². The van der Waals surface area contributed by atoms with Crippen LogP contribution in [0.2, 0.25) is 0 Å². The lowest BCUT2D eigenvalue weighted by molar-refractivity contribution is -0.144. The van der Waals surface area contributed by atoms with Crippen LogP contribution in [0.15, 0.2) is 12.1 Å². The molecular formula is C28H46O6. The average molecular weight is 479 g/mol. The van der Waals surface area contributed by atoms with Gasteiger partial charge in [0.1, 0.15) is 11.5 Å². The first-order valence-electron chi connectivity index (χ1n) is 12.6. The van der Waals surface area contributed by atoms with E-state index in [1.807, 2.05) is 13.8 Å². The molecule has 1 aromatic rings. The van der Waals surface area contributed by atoms with E-state index < -0.39 is 0 Å². The zero-order valence-corrected chi connectivity index (χ0v) is 22.7. The third-order valence-corrected chi connectivity index (χ3v) is 6.28. The molecule has 1 rings (SSSR count). The van der Waals surface area contributed by atoms with Gasteiger partial charge in [-0.25, -0.2) is 0 Å². The summed E-state index contributed by atoms with van der Waals surface area (Å²) in [6, 6.07) is 4.14. The molecule has 194 valence electrons. The molecule has 0 aliphatic rings. The maximum atomic E-state index is 11.9. The number of rotatable bonds is 16. The predicted octanol–water partition coefficient (Wildman–Crippen LogP) is 6.51. The molecule has 0 amide bonds. The van der Waals surface area contributed by atoms with Crippen molar-refractivity contribution >= 4 is 11.9 Å². The van der Waals surface area contributed by atoms with Gasteiger partial charge in [0.05, 0.1) is 27.4 Å². The van der Waals surface area contributed by atoms with Gasteiger partial charge < -0.3 is 18.9 Å². The maximum Gasteiger partial charge on any atom is 0.305 e. The quantitative estimate of drug-likeness (QED) is 0.252. The van der Waals surface area contributed by atoms with Gasteiger partial charge in [0, 0.05) is 24.0 Å². The summed E-state index contributed by atoms with van der Waals surface area (Å²) in [5, 5.41) is 0. The Balaban J connectivity index is 3.00. The van der Waals surface area contributed by atoms with E-state index in [-0.39, 0.29) is 22.8 Å². The molecule has 0 radical (unpaired) electrons. The minimum Gasteiger partial charge on any atom is -0.496 e. The van der Waals surface area contributed by atoms with Crippen LogP contribution in [0.5, 0.6) is 11.5 Å². The molecule has 6 nitrogen and oxygen atoms in total. The van der Waals surface area contributed by atoms with Gasteiger partial charge in [-0.2, -0.15) is 0 Å². The minimum atomic E-state index is -0.213. The Kier molecular flexibility index (Phi) is 12.5. The molecule has 0 saturated carbocycles. The van der Waals surface area contributed by atoms with Crippen molar-refractivity contribution in [3.63, 3.8) is 0 Å². The van der Waals surface area contributed by atoms with E-state index >= 15 is 0 Å². The number of benzene rings is 1. The van der Waals surface area contributed by atoms with Gasteiger partial charge in [-0.3, -0.25) is 9.59 Å². The van der Waals surface area contributed by atoms with Gasteiger partial charge in [-0.1, -0.05) is 41.5 Å². The van der Waals surface area contributed by atoms with Gasteiger partial charge in [0.15, 0.2) is 0 Å². The topological polar surface area (TPSA) is 71.1 Å². The second-order valence-electron chi connectivity index (χ2n) is 10.2. The smallest absolute Gasteiger partial charge is 0.305 e. The van der Waals surface area contributed by atoms with Crippen LogP contribution in [0.25, 0.3) is 0 Å². The lowest BCUT2D eigenvalue weighted by atomic mass is 9.75. The van der Waals surface area contributed by atoms with Crippen LogP contribution < -0.4 is 9.47 Å². The highest BCUT2D eigenvalue weighted by molar-refractivity contribution is 5.69. The lowest BCUT2D eigenvalue weighted by Gasteiger charge is -2.32. The van der Waals surface area contributed by atoms with Crippen LogP contribution in [-0.2, 0) is 29.9 Å². The van der Waals surface area contributed by atoms with E-state index in [0.717, 1.165) is 61.2 Å². The highest BCUT2D eigenvalue weighted by Crippen LogP contribution is 2.44. The standard InChI is InChI=1S/C28H46O6/c1-9-17-33-25(29)13-11-15-27(3,4)21-19-24(32-8)22(20-23(21)31-7)28(5,6)16-12-14-26(30)34-18-10-2/h19-20H,9-18H2,1-8H3. The number of esters is 2. The second kappa shape index (κ2) is 14.2. The van der Waals surface area contributed by atoms with E-state index in [0.29, 0.717) is 26.1 Å². The first-order chi connectivity index (χ1) is 16.0. The highest BCUT2D eigenvalue weighted by atomic mass is 16.5. The van der Waals surface area contributed by atoms with Crippen LogP contribution in [0.3, 0.4) is 0 Å². The predicted molar refractivity (Wildman–Crippen MR) is 136 cm³/mol. The lowest BCUT2D eigenvalue weighted by Crippen LogP contribution is -2.23. The van der Waals surface area contributed by atoms with Crippen LogP contribution in [0.1, 0.15) is 104 Å². The molecule has 0 heterocycles. The summed E-state index contributed by atoms with van der Waals surface area (Å²) in [5.74, 6) is 1.34. The Hall–Kier alpha value is -2.24. The van der Waals surface area contributed by atoms with Gasteiger partial charge >= 0.3 is 11.9 Å². The molecule has 0 aliphatic heterocycles. The molecule has 34 heavy (non-hydrogen) atoms. The Morgan fingerprint density at radius 1 is 0.706 bits per heavy atom. The van der Waals surface area contributed by atoms with Crippen molar-refractivity contribution < 1.29 is 28.5 Å². The van der Waals surface area contributed by atoms with Crippen LogP contribution in [0, 0.1) is 0 Å². The van der Waals surface area contributed by atoms with E-state index in [1.54, 1.807) is 14.2 Å². The number of carbonyl (C=O) groups is 2. The SMILES string of the molecule is CCCOC(=O)CCCC(C)(C)c1cc(OC)c(C(C)(C)CCCC(=O)OCCC)cc1OC. The van der Waals surface area contributed by atoms with Gasteiger partial charge in [0.25, 0.3) is 0 Å². The number of hydrogen-bond acceptors (Lipinski definition) is 6. The molecule has 0 atom stereocenters. The van der Waals surface area contributed by atoms with E-state index in [2.05, 4.69) is 39.8 Å². The monoisotopic (exact) mass is 478 g/mol. The third-order valence-electron chi connectivity index (χ3n) is 6.28. The molecule has 0 unspecified atom stereocenters. The molecule has 0 bridgehead atoms. The summed E-state index contributed by atoms with van der Waals surface area (Å²) in [5.41, 5.74) is 1.68. The van der Waals surface area contributed by atoms with Crippen LogP contribution >= 0.6 is 0 Å². The maximum absolute atomic E-state index is 11.9. The van der Waals surface area contributed by atoms with Gasteiger partial charge in [-0.15, -0.1) is 0 Å². The van der Waals surface area contributed by atoms with Crippen LogP contribution in [0.4, 0.5) is 0 Å². The number of ether oxygens (including phenoxy) is 4. The molecule has 0 spiro atoms. The summed E-state index contributed by atoms with van der Waals surface area (Å²) in [7, 11) is 3.37. The molecular weight excluding hydrogens is 432 g/mol. The van der Waals surface area contributed by atoms with Crippen molar-refractivity contribution in [3.05, 3.63) is 23.3 Å². The molecule has 0 aliphatic carbocycles. The Bertz CT molecular complexity index is 716. The zero-order chi connectivity index (χ0) is 25.8. The molecule has 1 aromatic carbocycles. The Morgan fingerprint density at radius 2 is 1.06 bits per heavy atom. The van der Waals surface area contributed by atoms with E-state index in [1.165, 1.54) is 0 Å². The van der Waals surface area contributed by atoms with Crippen molar-refractivity contribution in [2.75, 3.05) is 27.4 Å². The largest absolute Gasteiger partial charge is 0.496 e. The summed E-state index contributed by atoms with van der Waals surface area (Å²) >= 11 is 0. The van der Waals surface area contributed by atoms with Crippen molar-refractivity contribution in [1.82, 2.24) is 0 Å².